The summed E-state index contributed by atoms with van der Waals surface area (Å²) in [6, 6.07) is 25.0. The number of aromatic nitrogens is 2. The van der Waals surface area contributed by atoms with Crippen LogP contribution in [0.2, 0.25) is 0 Å². The summed E-state index contributed by atoms with van der Waals surface area (Å²) in [6.45, 7) is 7.31. The molecule has 12 rings (SSSR count). The van der Waals surface area contributed by atoms with Gasteiger partial charge in [0.05, 0.1) is 28.1 Å². The number of carbonyl (C=O) groups is 8. The van der Waals surface area contributed by atoms with Crippen molar-refractivity contribution in [3.8, 4) is 17.0 Å². The lowest BCUT2D eigenvalue weighted by Crippen LogP contribution is -2.65. The van der Waals surface area contributed by atoms with Gasteiger partial charge in [0.1, 0.15) is 42.5 Å². The maximum absolute atomic E-state index is 13.9. The lowest BCUT2D eigenvalue weighted by atomic mass is 9.39. The number of benzene rings is 4. The normalized spacial score (nSPS) is 24.3. The lowest BCUT2D eigenvalue weighted by Gasteiger charge is -2.69. The number of unbranched alkanes of at least 4 members (excludes halogenated alkanes) is 3. The molecule has 1 saturated heterocycles. The molecule has 5 fully saturated rings. The van der Waals surface area contributed by atoms with E-state index in [9.17, 15) is 76.9 Å². The molecule has 31 heteroatoms. The molecule has 0 radical (unpaired) electrons. The van der Waals surface area contributed by atoms with Crippen LogP contribution in [0.5, 0.6) is 5.75 Å². The van der Waals surface area contributed by atoms with Crippen LogP contribution >= 0.6 is 11.3 Å². The van der Waals surface area contributed by atoms with E-state index in [2.05, 4.69) is 45.1 Å². The molecule has 570 valence electrons. The number of fused-ring (bicyclic) bond motifs is 2. The molecule has 107 heavy (non-hydrogen) atoms. The molecular formula is C76H89N9O20S2. The van der Waals surface area contributed by atoms with Crippen molar-refractivity contribution in [1.29, 1.82) is 0 Å². The van der Waals surface area contributed by atoms with Gasteiger partial charge in [0.15, 0.2) is 16.9 Å². The number of aliphatic imine (C=N–C) groups is 1. The van der Waals surface area contributed by atoms with Crippen molar-refractivity contribution in [2.45, 2.75) is 153 Å². The second-order valence-corrected chi connectivity index (χ2v) is 31.9. The molecule has 4 aromatic carbocycles. The van der Waals surface area contributed by atoms with E-state index in [-0.39, 0.29) is 92.1 Å². The number of hydrogen-bond acceptors (Lipinski definition) is 22. The number of aromatic carboxylic acids is 1. The second kappa shape index (κ2) is 32.9. The first-order valence-electron chi connectivity index (χ1n) is 35.4. The fraction of sp³-hybridized carbons (Fsp3) is 0.461. The maximum atomic E-state index is 13.9. The Morgan fingerprint density at radius 2 is 1.56 bits per heavy atom. The van der Waals surface area contributed by atoms with Gasteiger partial charge < -0.3 is 65.3 Å². The first-order chi connectivity index (χ1) is 50.8. The van der Waals surface area contributed by atoms with E-state index in [1.807, 2.05) is 61.5 Å². The number of aliphatic carboxylic acids is 1. The van der Waals surface area contributed by atoms with Crippen molar-refractivity contribution in [2.75, 3.05) is 58.0 Å². The van der Waals surface area contributed by atoms with Gasteiger partial charge >= 0.3 is 18.0 Å². The number of aliphatic hydroxyl groups excluding tert-OH is 3. The van der Waals surface area contributed by atoms with E-state index in [1.165, 1.54) is 28.4 Å². The number of aliphatic hydroxyl groups is 3. The van der Waals surface area contributed by atoms with Crippen LogP contribution in [0.15, 0.2) is 114 Å². The molecule has 6 aliphatic rings. The largest absolute Gasteiger partial charge is 0.479 e. The highest BCUT2D eigenvalue weighted by Crippen LogP contribution is 2.71. The number of pyridine rings is 1. The standard InChI is InChI=1S/C76H89N9O20S2/c1-44(53(34-77-4)50-24-25-54(81-61(50)68(94)95)47-21-20-45-15-13-16-51(52(45)33-47)66(92)83-71-82-55-17-8-9-18-57(55)106-71)79-43-75-38-73(2)37-74(3,39-75)41-76(40-73,42-75)103-31-30-84(5)72(98)102-35-48-22-23-49(104-70-64(91)62(89)63(90)65(105-70)69(96)97)32-46(48)14-10-11-28-78-67(93)56(36-107(99,100)101)80-58(86)19-7-6-12-29-85-59(87)26-27-60(85)88/h8-9,13,15-18,20-27,32-34,56,62-65,70,79,89-91H,6-7,10-12,14,19,28-31,35-43H2,1-5H3,(H,78,93)(H,80,86)(H,94,95)(H,96,97)(H,82,83,92)(H,99,100,101)/b53-44+,77-34?/t56-,62-,63-,64+,65-,70+,73?,74?,75?,76?/m0/s1. The Kier molecular flexibility index (Phi) is 24.1. The first kappa shape index (κ1) is 78.5. The van der Waals surface area contributed by atoms with E-state index in [0.717, 1.165) is 71.2 Å². The quantitative estimate of drug-likeness (QED) is 0.00827. The molecule has 8 atom stereocenters. The van der Waals surface area contributed by atoms with Crippen LogP contribution in [0.25, 0.3) is 37.8 Å². The topological polar surface area (TPSA) is 422 Å². The van der Waals surface area contributed by atoms with Gasteiger partial charge in [0.2, 0.25) is 18.1 Å². The summed E-state index contributed by atoms with van der Waals surface area (Å²) in [6.07, 6.45) is 0.858. The number of nitrogens with one attached hydrogen (secondary N) is 4. The molecule has 29 nitrogen and oxygen atoms in total. The van der Waals surface area contributed by atoms with Crippen LogP contribution in [0.4, 0.5) is 9.93 Å². The Morgan fingerprint density at radius 1 is 0.813 bits per heavy atom. The summed E-state index contributed by atoms with van der Waals surface area (Å²) in [5.41, 5.74) is 3.79. The Balaban J connectivity index is 0.713. The Morgan fingerprint density at radius 3 is 2.27 bits per heavy atom. The van der Waals surface area contributed by atoms with Gasteiger partial charge in [0.25, 0.3) is 27.8 Å². The van der Waals surface area contributed by atoms with Crippen molar-refractivity contribution < 1.29 is 95.8 Å². The molecule has 6 aromatic rings. The van der Waals surface area contributed by atoms with E-state index >= 15 is 0 Å². The fourth-order valence-electron chi connectivity index (χ4n) is 16.7. The molecular weight excluding hydrogens is 1420 g/mol. The molecule has 4 aliphatic carbocycles. The van der Waals surface area contributed by atoms with E-state index in [0.29, 0.717) is 81.1 Å². The van der Waals surface area contributed by atoms with Gasteiger partial charge in [-0.05, 0) is 164 Å². The highest BCUT2D eigenvalue weighted by Gasteiger charge is 2.66. The van der Waals surface area contributed by atoms with Crippen molar-refractivity contribution in [3.63, 3.8) is 0 Å². The number of ether oxygens (including phenoxy) is 4. The number of imide groups is 1. The summed E-state index contributed by atoms with van der Waals surface area (Å²) in [4.78, 5) is 119. The van der Waals surface area contributed by atoms with Crippen molar-refractivity contribution in [1.82, 2.24) is 35.7 Å². The molecule has 4 heterocycles. The van der Waals surface area contributed by atoms with E-state index in [4.69, 9.17) is 23.9 Å². The number of carbonyl (C=O) groups excluding carboxylic acids is 6. The molecule has 4 bridgehead atoms. The smallest absolute Gasteiger partial charge is 0.409 e. The number of nitrogens with zero attached hydrogens (tertiary/aromatic N) is 5. The zero-order chi connectivity index (χ0) is 76.8. The average molecular weight is 1510 g/mol. The van der Waals surface area contributed by atoms with Crippen LogP contribution < -0.4 is 26.0 Å². The zero-order valence-corrected chi connectivity index (χ0v) is 61.6. The number of aryl methyl sites for hydroxylation is 1. The van der Waals surface area contributed by atoms with Gasteiger partial charge in [0, 0.05) is 93.0 Å². The number of likely N-dealkylation sites (N-methyl/N-ethyl adjacent to an activating group) is 1. The summed E-state index contributed by atoms with van der Waals surface area (Å²) in [5, 5.41) is 65.5. The van der Waals surface area contributed by atoms with Crippen LogP contribution in [0.3, 0.4) is 0 Å². The summed E-state index contributed by atoms with van der Waals surface area (Å²) < 4.78 is 58.6. The molecule has 6 amide bonds. The number of thiazole rings is 1. The predicted molar refractivity (Wildman–Crippen MR) is 395 cm³/mol. The minimum absolute atomic E-state index is 0.0298. The summed E-state index contributed by atoms with van der Waals surface area (Å²) >= 11 is 1.38. The van der Waals surface area contributed by atoms with Crippen LogP contribution in [0, 0.1) is 16.2 Å². The van der Waals surface area contributed by atoms with Gasteiger partial charge in [-0.1, -0.05) is 74.1 Å². The number of anilines is 1. The van der Waals surface area contributed by atoms with Gasteiger partial charge in [-0.25, -0.2) is 24.4 Å². The molecule has 4 saturated carbocycles. The summed E-state index contributed by atoms with van der Waals surface area (Å²) in [5.74, 6) is -6.69. The third-order valence-electron chi connectivity index (χ3n) is 20.5. The molecule has 2 unspecified atom stereocenters. The number of carboxylic acids is 2. The number of rotatable bonds is 33. The number of para-hydroxylation sites is 1. The minimum Gasteiger partial charge on any atom is -0.479 e. The van der Waals surface area contributed by atoms with Crippen molar-refractivity contribution in [2.24, 2.45) is 21.2 Å². The van der Waals surface area contributed by atoms with Gasteiger partial charge in [-0.2, -0.15) is 8.42 Å². The van der Waals surface area contributed by atoms with Gasteiger partial charge in [-0.15, -0.1) is 0 Å². The number of amides is 6. The van der Waals surface area contributed by atoms with E-state index in [1.54, 1.807) is 44.6 Å². The fourth-order valence-corrected chi connectivity index (χ4v) is 18.2. The molecule has 2 aliphatic heterocycles. The number of hydrogen-bond donors (Lipinski definition) is 10. The average Bonchev–Trinajstić information content (AvgIpc) is 1.10. The Hall–Kier alpha value is -9.60. The number of carboxylic acid groups (broad SMARTS) is 2. The van der Waals surface area contributed by atoms with Crippen LogP contribution in [-0.4, -0.2) is 207 Å². The zero-order valence-electron chi connectivity index (χ0n) is 59.9. The highest BCUT2D eigenvalue weighted by atomic mass is 32.2. The predicted octanol–water partition coefficient (Wildman–Crippen LogP) is 7.46. The van der Waals surface area contributed by atoms with Crippen molar-refractivity contribution >= 4 is 107 Å². The Bertz CT molecular complexity index is 4570. The third-order valence-corrected chi connectivity index (χ3v) is 22.2. The van der Waals surface area contributed by atoms with Crippen LogP contribution in [-0.2, 0) is 61.3 Å². The molecule has 2 aromatic heterocycles. The lowest BCUT2D eigenvalue weighted by molar-refractivity contribution is -0.271. The van der Waals surface area contributed by atoms with Crippen molar-refractivity contribution in [3.05, 3.63) is 137 Å². The van der Waals surface area contributed by atoms with E-state index < -0.39 is 99.9 Å². The molecule has 10 N–H and O–H groups in total. The third kappa shape index (κ3) is 18.9. The summed E-state index contributed by atoms with van der Waals surface area (Å²) in [7, 11) is -1.54. The SMILES string of the molecule is CN=C/C(=C(/C)NCC12CC3(C)CC(C)(C1)CC(OCCN(C)C(=O)OCc1ccc(O[C@@H]4O[C@H](C(=O)O)[C@@H](O)[C@H](O)[C@H]4O)cc1CCCCNC(=O)[C@H](CS(=O)(=O)O)NC(=O)CCCCCN1C(=O)C=CC1=O)(C3)C2)c1ccc(-c2ccc3cccc(C(=O)Nc4nc5ccccc5s4)c3c2)nc1C(=O)O. The van der Waals surface area contributed by atoms with Crippen LogP contribution in [0.1, 0.15) is 135 Å². The number of allylic oxidation sites excluding steroid dienone is 2. The minimum atomic E-state index is -4.75. The monoisotopic (exact) mass is 1510 g/mol. The highest BCUT2D eigenvalue weighted by molar-refractivity contribution is 7.85. The maximum Gasteiger partial charge on any atom is 0.409 e. The first-order valence-corrected chi connectivity index (χ1v) is 37.9. The second-order valence-electron chi connectivity index (χ2n) is 29.4. The van der Waals surface area contributed by atoms with Gasteiger partial charge in [-0.3, -0.25) is 43.7 Å². The molecule has 0 spiro atoms. The Labute approximate surface area is 621 Å².